The second-order valence-corrected chi connectivity index (χ2v) is 4.44. The average molecular weight is 244 g/mol. The Labute approximate surface area is 106 Å². The second kappa shape index (κ2) is 4.94. The molecule has 2 aromatic rings. The van der Waals surface area contributed by atoms with Gasteiger partial charge in [0.05, 0.1) is 25.2 Å². The zero-order valence-corrected chi connectivity index (χ0v) is 10.0. The van der Waals surface area contributed by atoms with Crippen molar-refractivity contribution in [3.05, 3.63) is 59.5 Å². The standard InChI is InChI=1S/C14H16N2O2/c15-16-13(11-5-7-17-9-11)14-12-4-2-1-3-10(12)6-8-18-14/h1-5,7,9,13-14,16H,6,8,15H2. The fourth-order valence-corrected chi connectivity index (χ4v) is 2.51. The summed E-state index contributed by atoms with van der Waals surface area (Å²) in [5, 5.41) is 0. The lowest BCUT2D eigenvalue weighted by molar-refractivity contribution is 0.0146. The number of benzene rings is 1. The molecule has 4 heteroatoms. The van der Waals surface area contributed by atoms with Crippen molar-refractivity contribution in [3.8, 4) is 0 Å². The molecule has 0 radical (unpaired) electrons. The summed E-state index contributed by atoms with van der Waals surface area (Å²) in [6.07, 6.45) is 4.23. The van der Waals surface area contributed by atoms with Crippen LogP contribution in [0.25, 0.3) is 0 Å². The lowest BCUT2D eigenvalue weighted by Crippen LogP contribution is -2.35. The Morgan fingerprint density at radius 3 is 2.94 bits per heavy atom. The summed E-state index contributed by atoms with van der Waals surface area (Å²) in [5.41, 5.74) is 6.36. The molecule has 2 unspecified atom stereocenters. The van der Waals surface area contributed by atoms with E-state index in [1.165, 1.54) is 11.1 Å². The lowest BCUT2D eigenvalue weighted by atomic mass is 9.91. The Bertz CT molecular complexity index is 510. The zero-order valence-electron chi connectivity index (χ0n) is 10.0. The van der Waals surface area contributed by atoms with Crippen molar-refractivity contribution in [2.45, 2.75) is 18.6 Å². The van der Waals surface area contributed by atoms with Crippen molar-refractivity contribution in [1.29, 1.82) is 0 Å². The van der Waals surface area contributed by atoms with Crippen LogP contribution in [-0.4, -0.2) is 6.61 Å². The van der Waals surface area contributed by atoms with Crippen LogP contribution in [0.5, 0.6) is 0 Å². The van der Waals surface area contributed by atoms with Gasteiger partial charge in [-0.05, 0) is 23.6 Å². The van der Waals surface area contributed by atoms with Gasteiger partial charge in [-0.15, -0.1) is 0 Å². The van der Waals surface area contributed by atoms with Gasteiger partial charge in [0.15, 0.2) is 0 Å². The molecule has 0 spiro atoms. The number of ether oxygens (including phenoxy) is 1. The number of hydrogen-bond acceptors (Lipinski definition) is 4. The predicted octanol–water partition coefficient (Wildman–Crippen LogP) is 2.10. The molecule has 4 nitrogen and oxygen atoms in total. The number of hydrazine groups is 1. The maximum absolute atomic E-state index is 5.90. The minimum Gasteiger partial charge on any atom is -0.472 e. The van der Waals surface area contributed by atoms with E-state index in [0.717, 1.165) is 18.6 Å². The quantitative estimate of drug-likeness (QED) is 0.641. The van der Waals surface area contributed by atoms with Crippen molar-refractivity contribution in [2.24, 2.45) is 5.84 Å². The minimum atomic E-state index is -0.0924. The molecule has 3 rings (SSSR count). The summed E-state index contributed by atoms with van der Waals surface area (Å²) in [6, 6.07) is 10.2. The third-order valence-electron chi connectivity index (χ3n) is 3.42. The molecule has 94 valence electrons. The summed E-state index contributed by atoms with van der Waals surface area (Å²) in [7, 11) is 0. The van der Waals surface area contributed by atoms with E-state index in [1.54, 1.807) is 12.5 Å². The number of hydrogen-bond donors (Lipinski definition) is 2. The summed E-state index contributed by atoms with van der Waals surface area (Å²) < 4.78 is 11.0. The molecule has 0 bridgehead atoms. The van der Waals surface area contributed by atoms with Crippen molar-refractivity contribution in [1.82, 2.24) is 5.43 Å². The van der Waals surface area contributed by atoms with Crippen LogP contribution in [-0.2, 0) is 11.2 Å². The van der Waals surface area contributed by atoms with E-state index in [4.69, 9.17) is 15.0 Å². The highest BCUT2D eigenvalue weighted by Gasteiger charge is 2.29. The Hall–Kier alpha value is -1.62. The number of rotatable bonds is 3. The molecule has 18 heavy (non-hydrogen) atoms. The highest BCUT2D eigenvalue weighted by atomic mass is 16.5. The molecule has 0 saturated carbocycles. The number of furan rings is 1. The molecule has 1 aromatic carbocycles. The first kappa shape index (κ1) is 11.5. The van der Waals surface area contributed by atoms with Crippen LogP contribution in [0.15, 0.2) is 47.3 Å². The summed E-state index contributed by atoms with van der Waals surface area (Å²) in [4.78, 5) is 0. The highest BCUT2D eigenvalue weighted by Crippen LogP contribution is 2.36. The van der Waals surface area contributed by atoms with E-state index >= 15 is 0 Å². The fraction of sp³-hybridized carbons (Fsp3) is 0.286. The SMILES string of the molecule is NNC(c1ccoc1)C1OCCc2ccccc21. The van der Waals surface area contributed by atoms with Gasteiger partial charge in [0.1, 0.15) is 6.10 Å². The molecule has 1 aromatic heterocycles. The van der Waals surface area contributed by atoms with Gasteiger partial charge >= 0.3 is 0 Å². The first-order valence-electron chi connectivity index (χ1n) is 6.08. The van der Waals surface area contributed by atoms with Gasteiger partial charge in [0.25, 0.3) is 0 Å². The van der Waals surface area contributed by atoms with Crippen molar-refractivity contribution in [3.63, 3.8) is 0 Å². The number of fused-ring (bicyclic) bond motifs is 1. The Balaban J connectivity index is 1.97. The van der Waals surface area contributed by atoms with Gasteiger partial charge < -0.3 is 9.15 Å². The van der Waals surface area contributed by atoms with Gasteiger partial charge in [-0.1, -0.05) is 24.3 Å². The normalized spacial score (nSPS) is 20.4. The number of nitrogens with one attached hydrogen (secondary N) is 1. The predicted molar refractivity (Wildman–Crippen MR) is 67.6 cm³/mol. The Morgan fingerprint density at radius 1 is 1.28 bits per heavy atom. The average Bonchev–Trinajstić information content (AvgIpc) is 2.94. The van der Waals surface area contributed by atoms with Gasteiger partial charge in [-0.3, -0.25) is 5.84 Å². The summed E-state index contributed by atoms with van der Waals surface area (Å²) in [6.45, 7) is 0.720. The van der Waals surface area contributed by atoms with E-state index in [1.807, 2.05) is 12.1 Å². The molecule has 2 atom stereocenters. The van der Waals surface area contributed by atoms with Crippen molar-refractivity contribution >= 4 is 0 Å². The first-order chi connectivity index (χ1) is 8.90. The highest BCUT2D eigenvalue weighted by molar-refractivity contribution is 5.33. The lowest BCUT2D eigenvalue weighted by Gasteiger charge is -2.31. The molecule has 3 N–H and O–H groups in total. The molecule has 0 aliphatic carbocycles. The number of nitrogens with two attached hydrogens (primary N) is 1. The van der Waals surface area contributed by atoms with Crippen molar-refractivity contribution in [2.75, 3.05) is 6.61 Å². The van der Waals surface area contributed by atoms with Crippen molar-refractivity contribution < 1.29 is 9.15 Å². The first-order valence-corrected chi connectivity index (χ1v) is 6.08. The Kier molecular flexibility index (Phi) is 3.15. The van der Waals surface area contributed by atoms with E-state index < -0.39 is 0 Å². The third kappa shape index (κ3) is 1.95. The topological polar surface area (TPSA) is 60.4 Å². The minimum absolute atomic E-state index is 0.0717. The van der Waals surface area contributed by atoms with Crippen LogP contribution in [0.3, 0.4) is 0 Å². The molecular formula is C14H16N2O2. The summed E-state index contributed by atoms with van der Waals surface area (Å²) >= 11 is 0. The van der Waals surface area contributed by atoms with Gasteiger partial charge in [0.2, 0.25) is 0 Å². The van der Waals surface area contributed by atoms with Crippen LogP contribution < -0.4 is 11.3 Å². The molecule has 1 aliphatic rings. The van der Waals surface area contributed by atoms with E-state index in [9.17, 15) is 0 Å². The fourth-order valence-electron chi connectivity index (χ4n) is 2.51. The van der Waals surface area contributed by atoms with Crippen LogP contribution >= 0.6 is 0 Å². The van der Waals surface area contributed by atoms with Crippen LogP contribution in [0.1, 0.15) is 28.8 Å². The molecule has 1 aliphatic heterocycles. The van der Waals surface area contributed by atoms with Gasteiger partial charge in [-0.25, -0.2) is 5.43 Å². The maximum Gasteiger partial charge on any atom is 0.104 e. The van der Waals surface area contributed by atoms with Gasteiger partial charge in [-0.2, -0.15) is 0 Å². The largest absolute Gasteiger partial charge is 0.472 e. The second-order valence-electron chi connectivity index (χ2n) is 4.44. The molecule has 0 fully saturated rings. The van der Waals surface area contributed by atoms with Crippen LogP contribution in [0, 0.1) is 0 Å². The van der Waals surface area contributed by atoms with Crippen LogP contribution in [0.4, 0.5) is 0 Å². The van der Waals surface area contributed by atoms with E-state index in [-0.39, 0.29) is 12.1 Å². The van der Waals surface area contributed by atoms with E-state index in [0.29, 0.717) is 0 Å². The molecule has 0 amide bonds. The summed E-state index contributed by atoms with van der Waals surface area (Å²) in [5.74, 6) is 5.68. The molecule has 2 heterocycles. The maximum atomic E-state index is 5.90. The zero-order chi connectivity index (χ0) is 12.4. The monoisotopic (exact) mass is 244 g/mol. The van der Waals surface area contributed by atoms with E-state index in [2.05, 4.69) is 23.6 Å². The van der Waals surface area contributed by atoms with Crippen LogP contribution in [0.2, 0.25) is 0 Å². The van der Waals surface area contributed by atoms with Gasteiger partial charge in [0, 0.05) is 5.56 Å². The smallest absolute Gasteiger partial charge is 0.104 e. The third-order valence-corrected chi connectivity index (χ3v) is 3.42. The Morgan fingerprint density at radius 2 is 2.17 bits per heavy atom. The molecular weight excluding hydrogens is 228 g/mol. The molecule has 0 saturated heterocycles.